The highest BCUT2D eigenvalue weighted by molar-refractivity contribution is 6.09. The quantitative estimate of drug-likeness (QED) is 0.474. The van der Waals surface area contributed by atoms with E-state index in [1.807, 2.05) is 6.07 Å². The van der Waals surface area contributed by atoms with E-state index in [1.165, 1.54) is 23.6 Å². The molecule has 166 valence electrons. The maximum absolute atomic E-state index is 9.82. The first-order valence-corrected chi connectivity index (χ1v) is 10.8. The van der Waals surface area contributed by atoms with Crippen LogP contribution in [0.1, 0.15) is 37.5 Å². The lowest BCUT2D eigenvalue weighted by Gasteiger charge is -2.30. The predicted octanol–water partition coefficient (Wildman–Crippen LogP) is 6.36. The van der Waals surface area contributed by atoms with Gasteiger partial charge in [-0.3, -0.25) is 4.79 Å². The molecule has 0 aromatic heterocycles. The first-order valence-electron chi connectivity index (χ1n) is 10.8. The third-order valence-electron chi connectivity index (χ3n) is 5.26. The van der Waals surface area contributed by atoms with Crippen LogP contribution in [-0.2, 0) is 15.1 Å². The Hall–Kier alpha value is -3.60. The number of anilines is 2. The second-order valence-electron chi connectivity index (χ2n) is 8.01. The van der Waals surface area contributed by atoms with Crippen LogP contribution < -0.4 is 10.6 Å². The number of hydrogen-bond acceptors (Lipinski definition) is 5. The summed E-state index contributed by atoms with van der Waals surface area (Å²) in [5, 5.41) is 7.21. The van der Waals surface area contributed by atoms with Crippen molar-refractivity contribution < 1.29 is 9.53 Å². The molecule has 0 saturated carbocycles. The van der Waals surface area contributed by atoms with Gasteiger partial charge in [0.25, 0.3) is 0 Å². The first kappa shape index (κ1) is 23.1. The lowest BCUT2D eigenvalue weighted by atomic mass is 9.91. The van der Waals surface area contributed by atoms with E-state index in [1.54, 1.807) is 6.92 Å². The van der Waals surface area contributed by atoms with Gasteiger partial charge in [-0.1, -0.05) is 53.6 Å². The molecule has 1 heterocycles. The van der Waals surface area contributed by atoms with Crippen LogP contribution in [0.4, 0.5) is 17.1 Å². The van der Waals surface area contributed by atoms with E-state index in [4.69, 9.17) is 4.99 Å². The molecular weight excluding hydrogens is 398 g/mol. The molecule has 1 atom stereocenters. The largest absolute Gasteiger partial charge is 0.466 e. The molecular formula is C27H31N3O2. The fraction of sp³-hybridized carbons (Fsp3) is 0.259. The number of nitrogens with one attached hydrogen (secondary N) is 2. The number of fused-ring (bicyclic) bond motifs is 1. The van der Waals surface area contributed by atoms with Crippen LogP contribution in [0.15, 0.2) is 77.8 Å². The summed E-state index contributed by atoms with van der Waals surface area (Å²) in [5.41, 5.74) is 6.37. The van der Waals surface area contributed by atoms with Crippen molar-refractivity contribution in [3.05, 3.63) is 89.5 Å². The highest BCUT2D eigenvalue weighted by Gasteiger charge is 2.39. The van der Waals surface area contributed by atoms with E-state index in [0.717, 1.165) is 22.9 Å². The minimum atomic E-state index is -0.420. The molecule has 5 heteroatoms. The monoisotopic (exact) mass is 429 g/mol. The molecule has 4 rings (SSSR count). The standard InChI is InChI=1S/C23H23N3.C4H8O2/c1-16-8-12-18(13-9-16)24-22-23(3,20-6-4-5-7-21(20)25-22)26-19-14-10-17(2)11-15-19;1-3-6-4(2)5/h4-15,26H,1-3H3,(H,24,25);3H2,1-2H3/t23-;/m0./s1. The maximum Gasteiger partial charge on any atom is 0.302 e. The number of ether oxygens (including phenoxy) is 1. The summed E-state index contributed by atoms with van der Waals surface area (Å²) in [7, 11) is 0. The van der Waals surface area contributed by atoms with Crippen molar-refractivity contribution in [2.24, 2.45) is 4.99 Å². The molecule has 1 aliphatic heterocycles. The molecule has 0 fully saturated rings. The molecule has 0 saturated heterocycles. The second kappa shape index (κ2) is 10.1. The Labute approximate surface area is 190 Å². The van der Waals surface area contributed by atoms with Crippen molar-refractivity contribution in [3.63, 3.8) is 0 Å². The van der Waals surface area contributed by atoms with Gasteiger partial charge in [-0.05, 0) is 58.0 Å². The lowest BCUT2D eigenvalue weighted by Crippen LogP contribution is -2.42. The zero-order chi connectivity index (χ0) is 23.1. The van der Waals surface area contributed by atoms with E-state index in [9.17, 15) is 4.79 Å². The zero-order valence-corrected chi connectivity index (χ0v) is 19.4. The van der Waals surface area contributed by atoms with Crippen molar-refractivity contribution in [2.75, 3.05) is 17.2 Å². The van der Waals surface area contributed by atoms with Crippen molar-refractivity contribution in [1.82, 2.24) is 0 Å². The normalized spacial score (nSPS) is 16.2. The number of hydrogen-bond donors (Lipinski definition) is 2. The minimum Gasteiger partial charge on any atom is -0.466 e. The Morgan fingerprint density at radius 3 is 2.00 bits per heavy atom. The van der Waals surface area contributed by atoms with Crippen molar-refractivity contribution in [1.29, 1.82) is 0 Å². The van der Waals surface area contributed by atoms with E-state index in [2.05, 4.69) is 103 Å². The SMILES string of the molecule is CCOC(C)=O.Cc1ccc(NC2=Nc3ccccc3[C@]2(C)Nc2ccc(C)cc2)cc1. The van der Waals surface area contributed by atoms with Crippen LogP contribution in [0, 0.1) is 13.8 Å². The predicted molar refractivity (Wildman–Crippen MR) is 133 cm³/mol. The number of carbonyl (C=O) groups excluding carboxylic acids is 1. The summed E-state index contributed by atoms with van der Waals surface area (Å²) in [6.07, 6.45) is 0. The third-order valence-corrected chi connectivity index (χ3v) is 5.26. The molecule has 5 nitrogen and oxygen atoms in total. The van der Waals surface area contributed by atoms with Gasteiger partial charge in [-0.15, -0.1) is 0 Å². The summed E-state index contributed by atoms with van der Waals surface area (Å²) in [6, 6.07) is 25.2. The van der Waals surface area contributed by atoms with Gasteiger partial charge in [0, 0.05) is 23.9 Å². The van der Waals surface area contributed by atoms with Crippen LogP contribution in [0.3, 0.4) is 0 Å². The van der Waals surface area contributed by atoms with Crippen LogP contribution in [0.5, 0.6) is 0 Å². The van der Waals surface area contributed by atoms with Gasteiger partial charge in [0.05, 0.1) is 12.3 Å². The lowest BCUT2D eigenvalue weighted by molar-refractivity contribution is -0.140. The molecule has 0 amide bonds. The number of esters is 1. The van der Waals surface area contributed by atoms with Crippen LogP contribution in [0.25, 0.3) is 0 Å². The molecule has 3 aromatic carbocycles. The van der Waals surface area contributed by atoms with Crippen LogP contribution in [-0.4, -0.2) is 18.4 Å². The second-order valence-corrected chi connectivity index (χ2v) is 8.01. The third kappa shape index (κ3) is 5.55. The first-order chi connectivity index (χ1) is 15.3. The Morgan fingerprint density at radius 2 is 1.47 bits per heavy atom. The Bertz CT molecular complexity index is 1090. The number of amidine groups is 1. The maximum atomic E-state index is 9.82. The average molecular weight is 430 g/mol. The molecule has 0 radical (unpaired) electrons. The Morgan fingerprint density at radius 1 is 0.906 bits per heavy atom. The van der Waals surface area contributed by atoms with Crippen molar-refractivity contribution in [3.8, 4) is 0 Å². The molecule has 0 aliphatic carbocycles. The van der Waals surface area contributed by atoms with Crippen LogP contribution >= 0.6 is 0 Å². The van der Waals surface area contributed by atoms with Gasteiger partial charge < -0.3 is 15.4 Å². The number of nitrogens with zero attached hydrogens (tertiary/aromatic N) is 1. The summed E-state index contributed by atoms with van der Waals surface area (Å²) in [5.74, 6) is 0.695. The fourth-order valence-corrected chi connectivity index (χ4v) is 3.54. The smallest absolute Gasteiger partial charge is 0.302 e. The molecule has 0 bridgehead atoms. The molecule has 32 heavy (non-hydrogen) atoms. The summed E-state index contributed by atoms with van der Waals surface area (Å²) >= 11 is 0. The molecule has 0 spiro atoms. The molecule has 1 aliphatic rings. The van der Waals surface area contributed by atoms with Crippen LogP contribution in [0.2, 0.25) is 0 Å². The Kier molecular flexibility index (Phi) is 7.31. The summed E-state index contributed by atoms with van der Waals surface area (Å²) in [4.78, 5) is 14.7. The number of para-hydroxylation sites is 1. The van der Waals surface area contributed by atoms with E-state index in [0.29, 0.717) is 6.61 Å². The molecule has 3 aromatic rings. The van der Waals surface area contributed by atoms with Crippen molar-refractivity contribution in [2.45, 2.75) is 40.2 Å². The average Bonchev–Trinajstić information content (AvgIpc) is 3.03. The van der Waals surface area contributed by atoms with Gasteiger partial charge in [-0.2, -0.15) is 0 Å². The Balaban J connectivity index is 0.000000427. The number of rotatable bonds is 4. The summed E-state index contributed by atoms with van der Waals surface area (Å²) in [6.45, 7) is 10.0. The van der Waals surface area contributed by atoms with Crippen molar-refractivity contribution >= 4 is 28.9 Å². The highest BCUT2D eigenvalue weighted by Crippen LogP contribution is 2.40. The number of carbonyl (C=O) groups is 1. The number of benzene rings is 3. The van der Waals surface area contributed by atoms with E-state index >= 15 is 0 Å². The zero-order valence-electron chi connectivity index (χ0n) is 19.4. The van der Waals surface area contributed by atoms with Gasteiger partial charge in [0.2, 0.25) is 0 Å². The molecule has 0 unspecified atom stereocenters. The number of aryl methyl sites for hydroxylation is 2. The van der Waals surface area contributed by atoms with Gasteiger partial charge >= 0.3 is 5.97 Å². The fourth-order valence-electron chi connectivity index (χ4n) is 3.54. The van der Waals surface area contributed by atoms with E-state index < -0.39 is 5.54 Å². The minimum absolute atomic E-state index is 0.211. The van der Waals surface area contributed by atoms with Gasteiger partial charge in [-0.25, -0.2) is 4.99 Å². The summed E-state index contributed by atoms with van der Waals surface area (Å²) < 4.78 is 4.40. The van der Waals surface area contributed by atoms with Gasteiger partial charge in [0.1, 0.15) is 11.4 Å². The molecule has 2 N–H and O–H groups in total. The van der Waals surface area contributed by atoms with E-state index in [-0.39, 0.29) is 5.97 Å². The highest BCUT2D eigenvalue weighted by atomic mass is 16.5. The topological polar surface area (TPSA) is 62.7 Å². The van der Waals surface area contributed by atoms with Gasteiger partial charge in [0.15, 0.2) is 0 Å². The number of aliphatic imine (C=N–C) groups is 1.